The van der Waals surface area contributed by atoms with Gasteiger partial charge in [-0.15, -0.1) is 0 Å². The van der Waals surface area contributed by atoms with E-state index in [2.05, 4.69) is 14.4 Å². The number of anilines is 2. The smallest absolute Gasteiger partial charge is 0.287 e. The molecule has 0 fully saturated rings. The zero-order valence-corrected chi connectivity index (χ0v) is 21.3. The summed E-state index contributed by atoms with van der Waals surface area (Å²) in [4.78, 5) is 16.5. The van der Waals surface area contributed by atoms with Gasteiger partial charge in [0, 0.05) is 17.4 Å². The van der Waals surface area contributed by atoms with Crippen LogP contribution in [0, 0.1) is 13.8 Å². The van der Waals surface area contributed by atoms with Crippen molar-refractivity contribution in [3.63, 3.8) is 0 Å². The van der Waals surface area contributed by atoms with E-state index in [1.165, 1.54) is 25.1 Å². The number of sulfonamides is 2. The number of carbonyl (C=O) groups is 1. The van der Waals surface area contributed by atoms with Crippen molar-refractivity contribution in [2.45, 2.75) is 24.9 Å². The molecule has 14 heteroatoms. The molecule has 0 aliphatic carbocycles. The second kappa shape index (κ2) is 9.71. The van der Waals surface area contributed by atoms with Gasteiger partial charge in [0.25, 0.3) is 10.0 Å². The van der Waals surface area contributed by atoms with E-state index >= 15 is 0 Å². The lowest BCUT2D eigenvalue weighted by molar-refractivity contribution is -0.138. The molecule has 3 aromatic rings. The Morgan fingerprint density at radius 3 is 2.19 bits per heavy atom. The minimum absolute atomic E-state index is 0.00798. The van der Waals surface area contributed by atoms with Crippen LogP contribution in [0.4, 0.5) is 24.5 Å². The van der Waals surface area contributed by atoms with E-state index in [1.807, 2.05) is 0 Å². The van der Waals surface area contributed by atoms with Gasteiger partial charge in [-0.05, 0) is 55.3 Å². The SMILES string of the molecule is Cc1ccc(NS(C)(=O)=O)cc1C(=O)c1ncc(Cl)cc1NS(=O)(=O)c1ccc(C)c(C(F)(F)F)c1. The van der Waals surface area contributed by atoms with Gasteiger partial charge < -0.3 is 0 Å². The molecule has 1 aromatic heterocycles. The molecule has 0 radical (unpaired) electrons. The number of aromatic nitrogens is 1. The van der Waals surface area contributed by atoms with E-state index in [1.54, 1.807) is 6.92 Å². The second-order valence-electron chi connectivity index (χ2n) is 7.86. The zero-order valence-electron chi connectivity index (χ0n) is 18.9. The molecule has 36 heavy (non-hydrogen) atoms. The fraction of sp³-hybridized carbons (Fsp3) is 0.182. The van der Waals surface area contributed by atoms with Crippen LogP contribution in [0.25, 0.3) is 0 Å². The molecule has 2 aromatic carbocycles. The number of hydrogen-bond acceptors (Lipinski definition) is 6. The molecular formula is C22H19ClF3N3O5S2. The maximum atomic E-state index is 13.3. The Bertz CT molecular complexity index is 1570. The van der Waals surface area contributed by atoms with Gasteiger partial charge in [-0.2, -0.15) is 13.2 Å². The van der Waals surface area contributed by atoms with Crippen molar-refractivity contribution >= 4 is 48.8 Å². The monoisotopic (exact) mass is 561 g/mol. The molecule has 1 heterocycles. The Labute approximate surface area is 210 Å². The van der Waals surface area contributed by atoms with E-state index in [9.17, 15) is 34.8 Å². The summed E-state index contributed by atoms with van der Waals surface area (Å²) in [5.41, 5.74) is -1.54. The Kier molecular flexibility index (Phi) is 7.40. The van der Waals surface area contributed by atoms with Crippen LogP contribution < -0.4 is 9.44 Å². The fourth-order valence-electron chi connectivity index (χ4n) is 3.25. The Balaban J connectivity index is 2.07. The normalized spacial score (nSPS) is 12.3. The number of nitrogens with zero attached hydrogens (tertiary/aromatic N) is 1. The Hall–Kier alpha value is -3.16. The average Bonchev–Trinajstić information content (AvgIpc) is 2.73. The lowest BCUT2D eigenvalue weighted by Gasteiger charge is -2.15. The molecule has 2 N–H and O–H groups in total. The van der Waals surface area contributed by atoms with Crippen LogP contribution in [0.2, 0.25) is 5.02 Å². The Morgan fingerprint density at radius 2 is 1.58 bits per heavy atom. The summed E-state index contributed by atoms with van der Waals surface area (Å²) in [7, 11) is -8.25. The number of hydrogen-bond donors (Lipinski definition) is 2. The highest BCUT2D eigenvalue weighted by Crippen LogP contribution is 2.34. The number of aryl methyl sites for hydroxylation is 2. The highest BCUT2D eigenvalue weighted by Gasteiger charge is 2.34. The molecular weight excluding hydrogens is 543 g/mol. The number of carbonyl (C=O) groups excluding carboxylic acids is 1. The van der Waals surface area contributed by atoms with Crippen LogP contribution in [-0.4, -0.2) is 33.9 Å². The molecule has 0 amide bonds. The number of halogens is 4. The zero-order chi connectivity index (χ0) is 27.1. The molecule has 0 atom stereocenters. The van der Waals surface area contributed by atoms with Crippen LogP contribution in [0.15, 0.2) is 53.6 Å². The van der Waals surface area contributed by atoms with Gasteiger partial charge in [-0.1, -0.05) is 23.7 Å². The van der Waals surface area contributed by atoms with E-state index < -0.39 is 48.2 Å². The molecule has 0 saturated heterocycles. The number of alkyl halides is 3. The van der Waals surface area contributed by atoms with E-state index in [0.29, 0.717) is 11.6 Å². The quantitative estimate of drug-likeness (QED) is 0.401. The van der Waals surface area contributed by atoms with E-state index in [-0.39, 0.29) is 27.5 Å². The lowest BCUT2D eigenvalue weighted by atomic mass is 10.0. The third kappa shape index (κ3) is 6.33. The highest BCUT2D eigenvalue weighted by molar-refractivity contribution is 7.92. The highest BCUT2D eigenvalue weighted by atomic mass is 35.5. The van der Waals surface area contributed by atoms with Crippen molar-refractivity contribution in [3.8, 4) is 0 Å². The Morgan fingerprint density at radius 1 is 0.944 bits per heavy atom. The minimum atomic E-state index is -4.78. The molecule has 0 aliphatic heterocycles. The molecule has 0 spiro atoms. The molecule has 8 nitrogen and oxygen atoms in total. The van der Waals surface area contributed by atoms with Crippen LogP contribution in [0.3, 0.4) is 0 Å². The van der Waals surface area contributed by atoms with Gasteiger partial charge >= 0.3 is 6.18 Å². The number of nitrogens with one attached hydrogen (secondary N) is 2. The first-order valence-corrected chi connectivity index (χ1v) is 13.7. The number of benzene rings is 2. The summed E-state index contributed by atoms with van der Waals surface area (Å²) in [6, 6.07) is 7.75. The standard InChI is InChI=1S/C22H19ClF3N3O5S2/c1-12-4-6-15(28-35(3,31)32)9-17(12)21(30)20-19(8-14(23)11-27-20)29-36(33,34)16-7-5-13(2)18(10-16)22(24,25)26/h4-11,28-29H,1-3H3. The van der Waals surface area contributed by atoms with Gasteiger partial charge in [0.2, 0.25) is 15.8 Å². The minimum Gasteiger partial charge on any atom is -0.287 e. The maximum Gasteiger partial charge on any atom is 0.416 e. The number of rotatable bonds is 7. The van der Waals surface area contributed by atoms with Crippen LogP contribution in [0.5, 0.6) is 0 Å². The van der Waals surface area contributed by atoms with Gasteiger partial charge in [0.15, 0.2) is 0 Å². The first-order chi connectivity index (χ1) is 16.5. The van der Waals surface area contributed by atoms with Crippen LogP contribution in [-0.2, 0) is 26.2 Å². The predicted molar refractivity (Wildman–Crippen MR) is 129 cm³/mol. The van der Waals surface area contributed by atoms with Gasteiger partial charge in [-0.3, -0.25) is 14.2 Å². The third-order valence-electron chi connectivity index (χ3n) is 4.92. The van der Waals surface area contributed by atoms with Crippen LogP contribution in [0.1, 0.15) is 32.7 Å². The molecule has 3 rings (SSSR count). The van der Waals surface area contributed by atoms with Gasteiger partial charge in [0.1, 0.15) is 5.69 Å². The van der Waals surface area contributed by atoms with E-state index in [0.717, 1.165) is 30.7 Å². The summed E-state index contributed by atoms with van der Waals surface area (Å²) in [6.45, 7) is 2.77. The number of ketones is 1. The summed E-state index contributed by atoms with van der Waals surface area (Å²) in [6.07, 6.45) is -2.76. The number of pyridine rings is 1. The van der Waals surface area contributed by atoms with Crippen molar-refractivity contribution in [1.82, 2.24) is 4.98 Å². The molecule has 0 aliphatic rings. The summed E-state index contributed by atoms with van der Waals surface area (Å²) >= 11 is 5.94. The van der Waals surface area contributed by atoms with Crippen molar-refractivity contribution < 1.29 is 34.8 Å². The van der Waals surface area contributed by atoms with Crippen molar-refractivity contribution in [2.75, 3.05) is 15.7 Å². The van der Waals surface area contributed by atoms with E-state index in [4.69, 9.17) is 11.6 Å². The summed E-state index contributed by atoms with van der Waals surface area (Å²) in [5, 5.41) is -0.0478. The van der Waals surface area contributed by atoms with Crippen molar-refractivity contribution in [2.24, 2.45) is 0 Å². The predicted octanol–water partition coefficient (Wildman–Crippen LogP) is 4.77. The molecule has 0 saturated carbocycles. The van der Waals surface area contributed by atoms with Crippen molar-refractivity contribution in [1.29, 1.82) is 0 Å². The molecule has 192 valence electrons. The first-order valence-electron chi connectivity index (χ1n) is 9.97. The molecule has 0 bridgehead atoms. The first kappa shape index (κ1) is 27.4. The molecule has 0 unspecified atom stereocenters. The summed E-state index contributed by atoms with van der Waals surface area (Å²) in [5.74, 6) is -0.779. The maximum absolute atomic E-state index is 13.3. The second-order valence-corrected chi connectivity index (χ2v) is 11.7. The average molecular weight is 562 g/mol. The van der Waals surface area contributed by atoms with Crippen molar-refractivity contribution in [3.05, 3.63) is 81.6 Å². The van der Waals surface area contributed by atoms with Crippen LogP contribution >= 0.6 is 11.6 Å². The fourth-order valence-corrected chi connectivity index (χ4v) is 5.04. The summed E-state index contributed by atoms with van der Waals surface area (Å²) < 4.78 is 93.2. The van der Waals surface area contributed by atoms with Gasteiger partial charge in [0.05, 0.1) is 27.4 Å². The third-order valence-corrected chi connectivity index (χ3v) is 7.10. The van der Waals surface area contributed by atoms with Gasteiger partial charge in [-0.25, -0.2) is 21.8 Å². The topological polar surface area (TPSA) is 122 Å². The largest absolute Gasteiger partial charge is 0.416 e. The lowest BCUT2D eigenvalue weighted by Crippen LogP contribution is -2.18.